The average molecular weight is 282 g/mol. The molecule has 3 rings (SSSR count). The molecule has 0 spiro atoms. The number of carbonyl (C=O) groups excluding carboxylic acids is 1. The number of hydrogen-bond acceptors (Lipinski definition) is 3. The first-order valence-electron chi connectivity index (χ1n) is 7.17. The molecule has 0 saturated carbocycles. The summed E-state index contributed by atoms with van der Waals surface area (Å²) >= 11 is 0. The Bertz CT molecular complexity index is 659. The van der Waals surface area contributed by atoms with Crippen LogP contribution in [0.25, 0.3) is 5.69 Å². The Morgan fingerprint density at radius 1 is 1.29 bits per heavy atom. The number of imidazole rings is 1. The zero-order chi connectivity index (χ0) is 14.7. The molecular formula is C17H18N2O2. The predicted octanol–water partition coefficient (Wildman–Crippen LogP) is 3.48. The zero-order valence-electron chi connectivity index (χ0n) is 12.0. The molecule has 1 aliphatic carbocycles. The lowest BCUT2D eigenvalue weighted by Gasteiger charge is -2.20. The number of benzene rings is 1. The van der Waals surface area contributed by atoms with Crippen molar-refractivity contribution in [2.24, 2.45) is 0 Å². The Labute approximate surface area is 124 Å². The van der Waals surface area contributed by atoms with E-state index in [1.807, 2.05) is 34.9 Å². The third-order valence-electron chi connectivity index (χ3n) is 3.87. The van der Waals surface area contributed by atoms with Crippen molar-refractivity contribution in [3.05, 3.63) is 60.2 Å². The molecule has 0 aliphatic heterocycles. The third kappa shape index (κ3) is 2.61. The van der Waals surface area contributed by atoms with Crippen molar-refractivity contribution < 1.29 is 9.53 Å². The molecule has 4 nitrogen and oxygen atoms in total. The minimum atomic E-state index is -0.366. The maximum Gasteiger partial charge on any atom is 0.358 e. The third-order valence-corrected chi connectivity index (χ3v) is 3.87. The molecule has 0 saturated heterocycles. The molecule has 0 bridgehead atoms. The van der Waals surface area contributed by atoms with Gasteiger partial charge in [0.05, 0.1) is 12.8 Å². The van der Waals surface area contributed by atoms with Crippen molar-refractivity contribution in [1.82, 2.24) is 9.55 Å². The molecule has 0 N–H and O–H groups in total. The largest absolute Gasteiger partial charge is 0.464 e. The molecule has 0 fully saturated rings. The zero-order valence-corrected chi connectivity index (χ0v) is 12.0. The highest BCUT2D eigenvalue weighted by molar-refractivity contribution is 5.89. The van der Waals surface area contributed by atoms with Crippen LogP contribution in [0.4, 0.5) is 0 Å². The molecule has 108 valence electrons. The minimum absolute atomic E-state index is 0.298. The highest BCUT2D eigenvalue weighted by Crippen LogP contribution is 2.33. The number of carbonyl (C=O) groups is 1. The number of hydrogen-bond donors (Lipinski definition) is 0. The van der Waals surface area contributed by atoms with Gasteiger partial charge in [0.15, 0.2) is 5.69 Å². The smallest absolute Gasteiger partial charge is 0.358 e. The molecule has 1 atom stereocenters. The van der Waals surface area contributed by atoms with E-state index in [1.54, 1.807) is 6.33 Å². The second-order valence-electron chi connectivity index (χ2n) is 5.16. The predicted molar refractivity (Wildman–Crippen MR) is 80.6 cm³/mol. The van der Waals surface area contributed by atoms with E-state index < -0.39 is 0 Å². The van der Waals surface area contributed by atoms with Crippen molar-refractivity contribution in [3.8, 4) is 5.69 Å². The lowest BCUT2D eigenvalue weighted by molar-refractivity contribution is 0.0592. The van der Waals surface area contributed by atoms with E-state index in [1.165, 1.54) is 7.11 Å². The summed E-state index contributed by atoms with van der Waals surface area (Å²) in [6.45, 7) is 0. The second-order valence-corrected chi connectivity index (χ2v) is 5.16. The SMILES string of the molecule is COC(=O)c1ncn(-c2ccccc2)c1C1CC=CCC1. The number of allylic oxidation sites excluding steroid dienone is 2. The van der Waals surface area contributed by atoms with E-state index in [9.17, 15) is 4.79 Å². The van der Waals surface area contributed by atoms with E-state index in [-0.39, 0.29) is 5.97 Å². The highest BCUT2D eigenvalue weighted by Gasteiger charge is 2.26. The summed E-state index contributed by atoms with van der Waals surface area (Å²) in [6, 6.07) is 9.98. The van der Waals surface area contributed by atoms with Crippen LogP contribution in [0.2, 0.25) is 0 Å². The Morgan fingerprint density at radius 3 is 2.76 bits per heavy atom. The van der Waals surface area contributed by atoms with Gasteiger partial charge in [0.1, 0.15) is 6.33 Å². The van der Waals surface area contributed by atoms with Crippen molar-refractivity contribution in [1.29, 1.82) is 0 Å². The van der Waals surface area contributed by atoms with Gasteiger partial charge in [-0.15, -0.1) is 0 Å². The first-order valence-corrected chi connectivity index (χ1v) is 7.17. The Hall–Kier alpha value is -2.36. The fraction of sp³-hybridized carbons (Fsp3) is 0.294. The van der Waals surface area contributed by atoms with E-state index >= 15 is 0 Å². The fourth-order valence-electron chi connectivity index (χ4n) is 2.84. The van der Waals surface area contributed by atoms with Crippen molar-refractivity contribution in [2.75, 3.05) is 7.11 Å². The lowest BCUT2D eigenvalue weighted by atomic mass is 9.90. The topological polar surface area (TPSA) is 44.1 Å². The normalized spacial score (nSPS) is 17.7. The Balaban J connectivity index is 2.10. The number of aromatic nitrogens is 2. The van der Waals surface area contributed by atoms with Crippen LogP contribution < -0.4 is 0 Å². The lowest BCUT2D eigenvalue weighted by Crippen LogP contribution is -2.13. The van der Waals surface area contributed by atoms with Gasteiger partial charge in [0, 0.05) is 11.6 Å². The number of methoxy groups -OCH3 is 1. The van der Waals surface area contributed by atoms with Gasteiger partial charge in [0.2, 0.25) is 0 Å². The molecule has 1 heterocycles. The molecule has 1 aliphatic rings. The molecule has 1 aromatic carbocycles. The summed E-state index contributed by atoms with van der Waals surface area (Å²) in [6.07, 6.45) is 9.08. The van der Waals surface area contributed by atoms with Gasteiger partial charge in [0.25, 0.3) is 0 Å². The summed E-state index contributed by atoms with van der Waals surface area (Å²) in [5.74, 6) is -0.0685. The standard InChI is InChI=1S/C17H18N2O2/c1-21-17(20)15-16(13-8-4-2-5-9-13)19(12-18-15)14-10-6-3-7-11-14/h2-4,6-7,10-13H,5,8-9H2,1H3. The first-order chi connectivity index (χ1) is 10.3. The van der Waals surface area contributed by atoms with Gasteiger partial charge in [-0.2, -0.15) is 0 Å². The summed E-state index contributed by atoms with van der Waals surface area (Å²) < 4.78 is 6.89. The van der Waals surface area contributed by atoms with Gasteiger partial charge in [-0.1, -0.05) is 30.4 Å². The van der Waals surface area contributed by atoms with Gasteiger partial charge >= 0.3 is 5.97 Å². The van der Waals surface area contributed by atoms with Crippen molar-refractivity contribution in [3.63, 3.8) is 0 Å². The fourth-order valence-corrected chi connectivity index (χ4v) is 2.84. The monoisotopic (exact) mass is 282 g/mol. The Morgan fingerprint density at radius 2 is 2.10 bits per heavy atom. The minimum Gasteiger partial charge on any atom is -0.464 e. The summed E-state index contributed by atoms with van der Waals surface area (Å²) in [5.41, 5.74) is 2.41. The van der Waals surface area contributed by atoms with Gasteiger partial charge in [-0.3, -0.25) is 0 Å². The van der Waals surface area contributed by atoms with E-state index in [0.29, 0.717) is 11.6 Å². The molecular weight excluding hydrogens is 264 g/mol. The number of ether oxygens (including phenoxy) is 1. The van der Waals surface area contributed by atoms with E-state index in [0.717, 1.165) is 30.6 Å². The first kappa shape index (κ1) is 13.6. The maximum absolute atomic E-state index is 12.0. The van der Waals surface area contributed by atoms with Crippen LogP contribution >= 0.6 is 0 Å². The summed E-state index contributed by atoms with van der Waals surface area (Å²) in [4.78, 5) is 16.3. The molecule has 1 unspecified atom stereocenters. The number of rotatable bonds is 3. The van der Waals surface area contributed by atoms with Gasteiger partial charge < -0.3 is 9.30 Å². The van der Waals surface area contributed by atoms with Crippen LogP contribution in [0.1, 0.15) is 41.4 Å². The molecule has 1 aromatic heterocycles. The van der Waals surface area contributed by atoms with Crippen LogP contribution in [0.5, 0.6) is 0 Å². The molecule has 21 heavy (non-hydrogen) atoms. The maximum atomic E-state index is 12.0. The second kappa shape index (κ2) is 5.95. The number of esters is 1. The average Bonchev–Trinajstić information content (AvgIpc) is 3.00. The molecule has 0 radical (unpaired) electrons. The van der Waals surface area contributed by atoms with Crippen LogP contribution in [-0.4, -0.2) is 22.6 Å². The van der Waals surface area contributed by atoms with Gasteiger partial charge in [-0.05, 0) is 31.4 Å². The van der Waals surface area contributed by atoms with Crippen LogP contribution in [0, 0.1) is 0 Å². The highest BCUT2D eigenvalue weighted by atomic mass is 16.5. The molecule has 2 aromatic rings. The number of nitrogens with zero attached hydrogens (tertiary/aromatic N) is 2. The van der Waals surface area contributed by atoms with Crippen LogP contribution in [0.15, 0.2) is 48.8 Å². The van der Waals surface area contributed by atoms with Crippen molar-refractivity contribution >= 4 is 5.97 Å². The van der Waals surface area contributed by atoms with Crippen LogP contribution in [-0.2, 0) is 4.74 Å². The number of para-hydroxylation sites is 1. The summed E-state index contributed by atoms with van der Waals surface area (Å²) in [7, 11) is 1.40. The van der Waals surface area contributed by atoms with Crippen LogP contribution in [0.3, 0.4) is 0 Å². The Kier molecular flexibility index (Phi) is 3.86. The van der Waals surface area contributed by atoms with E-state index in [2.05, 4.69) is 17.1 Å². The molecule has 0 amide bonds. The van der Waals surface area contributed by atoms with Crippen molar-refractivity contribution in [2.45, 2.75) is 25.2 Å². The summed E-state index contributed by atoms with van der Waals surface area (Å²) in [5, 5.41) is 0. The van der Waals surface area contributed by atoms with Gasteiger partial charge in [-0.25, -0.2) is 9.78 Å². The van der Waals surface area contributed by atoms with E-state index in [4.69, 9.17) is 4.74 Å². The molecule has 4 heteroatoms. The quantitative estimate of drug-likeness (QED) is 0.639.